The van der Waals surface area contributed by atoms with E-state index in [1.807, 2.05) is 0 Å². The van der Waals surface area contributed by atoms with Crippen LogP contribution in [0, 0.1) is 0 Å². The van der Waals surface area contributed by atoms with Crippen molar-refractivity contribution in [3.05, 3.63) is 34.9 Å². The van der Waals surface area contributed by atoms with Crippen LogP contribution in [0.25, 0.3) is 0 Å². The maximum Gasteiger partial charge on any atom is 0.302 e. The number of hydrogen-bond acceptors (Lipinski definition) is 4. The largest absolute Gasteiger partial charge is 0.466 e. The zero-order valence-corrected chi connectivity index (χ0v) is 18.9. The Morgan fingerprint density at radius 1 is 0.893 bits per heavy atom. The number of rotatable bonds is 14. The van der Waals surface area contributed by atoms with E-state index in [4.69, 9.17) is 4.74 Å². The molecule has 0 aromatic rings. The van der Waals surface area contributed by atoms with Crippen molar-refractivity contribution in [3.8, 4) is 0 Å². The molecule has 0 saturated carbocycles. The molecule has 0 radical (unpaired) electrons. The maximum absolute atomic E-state index is 10.7. The van der Waals surface area contributed by atoms with Crippen molar-refractivity contribution < 1.29 is 19.7 Å². The van der Waals surface area contributed by atoms with E-state index in [0.717, 1.165) is 44.9 Å². The molecule has 0 aliphatic heterocycles. The molecule has 0 heterocycles. The first-order valence-corrected chi connectivity index (χ1v) is 10.5. The van der Waals surface area contributed by atoms with E-state index in [1.54, 1.807) is 13.8 Å². The molecule has 0 aliphatic rings. The Hall–Kier alpha value is -1.39. The molecule has 0 fully saturated rings. The van der Waals surface area contributed by atoms with Gasteiger partial charge in [-0.15, -0.1) is 0 Å². The molecular weight excluding hydrogens is 352 g/mol. The minimum Gasteiger partial charge on any atom is -0.466 e. The van der Waals surface area contributed by atoms with Crippen LogP contribution in [-0.2, 0) is 9.53 Å². The number of ether oxygens (including phenoxy) is 1. The number of aliphatic hydroxyl groups is 2. The summed E-state index contributed by atoms with van der Waals surface area (Å²) in [6.07, 6.45) is 13.6. The molecule has 28 heavy (non-hydrogen) atoms. The van der Waals surface area contributed by atoms with E-state index in [2.05, 4.69) is 39.0 Å². The molecule has 1 atom stereocenters. The van der Waals surface area contributed by atoms with Gasteiger partial charge in [0.25, 0.3) is 0 Å². The molecule has 0 aliphatic carbocycles. The van der Waals surface area contributed by atoms with Gasteiger partial charge in [0, 0.05) is 6.92 Å². The summed E-state index contributed by atoms with van der Waals surface area (Å²) in [6.45, 7) is 11.6. The van der Waals surface area contributed by atoms with Crippen LogP contribution in [0.3, 0.4) is 0 Å². The van der Waals surface area contributed by atoms with Crippen molar-refractivity contribution in [2.45, 2.75) is 105 Å². The smallest absolute Gasteiger partial charge is 0.302 e. The number of allylic oxidation sites excluding steroid dienone is 6. The first-order chi connectivity index (χ1) is 13.0. The fourth-order valence-corrected chi connectivity index (χ4v) is 2.80. The minimum absolute atomic E-state index is 0.209. The SMILES string of the molecule is CC(=O)OCCC/C(C)=C/CC/C=C(\C)CC/C=C(\C)CC[C@@H](O)C(C)(C)O. The fraction of sp³-hybridized carbons (Fsp3) is 0.708. The van der Waals surface area contributed by atoms with E-state index >= 15 is 0 Å². The molecular formula is C24H42O4. The van der Waals surface area contributed by atoms with Gasteiger partial charge in [0.15, 0.2) is 0 Å². The van der Waals surface area contributed by atoms with Crippen molar-refractivity contribution in [3.63, 3.8) is 0 Å². The summed E-state index contributed by atoms with van der Waals surface area (Å²) in [6, 6.07) is 0. The van der Waals surface area contributed by atoms with Crippen LogP contribution < -0.4 is 0 Å². The average molecular weight is 395 g/mol. The molecule has 4 heteroatoms. The molecule has 0 unspecified atom stereocenters. The molecule has 0 aromatic heterocycles. The van der Waals surface area contributed by atoms with Crippen LogP contribution in [0.4, 0.5) is 0 Å². The number of hydrogen-bond donors (Lipinski definition) is 2. The lowest BCUT2D eigenvalue weighted by atomic mass is 9.95. The predicted molar refractivity (Wildman–Crippen MR) is 117 cm³/mol. The van der Waals surface area contributed by atoms with Gasteiger partial charge in [-0.3, -0.25) is 4.79 Å². The lowest BCUT2D eigenvalue weighted by Gasteiger charge is -2.24. The first-order valence-electron chi connectivity index (χ1n) is 10.5. The first kappa shape index (κ1) is 26.6. The predicted octanol–water partition coefficient (Wildman–Crippen LogP) is 5.64. The van der Waals surface area contributed by atoms with Crippen molar-refractivity contribution in [1.82, 2.24) is 0 Å². The quantitative estimate of drug-likeness (QED) is 0.227. The third-order valence-corrected chi connectivity index (χ3v) is 4.83. The highest BCUT2D eigenvalue weighted by atomic mass is 16.5. The number of esters is 1. The van der Waals surface area contributed by atoms with Crippen molar-refractivity contribution in [2.75, 3.05) is 6.61 Å². The second-order valence-corrected chi connectivity index (χ2v) is 8.42. The van der Waals surface area contributed by atoms with Gasteiger partial charge in [0.05, 0.1) is 18.3 Å². The Morgan fingerprint density at radius 3 is 1.93 bits per heavy atom. The Kier molecular flexibility index (Phi) is 13.9. The molecule has 0 aromatic carbocycles. The third-order valence-electron chi connectivity index (χ3n) is 4.83. The van der Waals surface area contributed by atoms with Crippen LogP contribution in [0.2, 0.25) is 0 Å². The molecule has 0 spiro atoms. The zero-order chi connectivity index (χ0) is 21.6. The molecule has 162 valence electrons. The van der Waals surface area contributed by atoms with Crippen LogP contribution >= 0.6 is 0 Å². The monoisotopic (exact) mass is 394 g/mol. The molecule has 0 amide bonds. The second kappa shape index (κ2) is 14.6. The standard InChI is InChI=1S/C24H42O4/c1-19(11-7-8-12-20(2)15-10-18-28-22(4)25)13-9-14-21(3)16-17-23(26)24(5,6)27/h11-12,14,23,26-27H,7-10,13,15-18H2,1-6H3/b19-11+,20-12+,21-14+/t23-/m1/s1. The van der Waals surface area contributed by atoms with Gasteiger partial charge in [0.1, 0.15) is 0 Å². The summed E-state index contributed by atoms with van der Waals surface area (Å²) in [7, 11) is 0. The summed E-state index contributed by atoms with van der Waals surface area (Å²) >= 11 is 0. The lowest BCUT2D eigenvalue weighted by Crippen LogP contribution is -2.35. The highest BCUT2D eigenvalue weighted by molar-refractivity contribution is 5.65. The van der Waals surface area contributed by atoms with Crippen molar-refractivity contribution in [2.24, 2.45) is 0 Å². The molecule has 0 bridgehead atoms. The second-order valence-electron chi connectivity index (χ2n) is 8.42. The number of carbonyl (C=O) groups excluding carboxylic acids is 1. The number of unbranched alkanes of at least 4 members (excludes halogenated alkanes) is 1. The highest BCUT2D eigenvalue weighted by Gasteiger charge is 2.23. The zero-order valence-electron chi connectivity index (χ0n) is 18.9. The Labute approximate surface area is 172 Å². The van der Waals surface area contributed by atoms with Crippen molar-refractivity contribution in [1.29, 1.82) is 0 Å². The summed E-state index contributed by atoms with van der Waals surface area (Å²) in [4.78, 5) is 10.7. The summed E-state index contributed by atoms with van der Waals surface area (Å²) in [5, 5.41) is 19.6. The normalized spacial score (nSPS) is 14.9. The molecule has 2 N–H and O–H groups in total. The maximum atomic E-state index is 10.7. The average Bonchev–Trinajstić information content (AvgIpc) is 2.59. The van der Waals surface area contributed by atoms with Gasteiger partial charge >= 0.3 is 5.97 Å². The van der Waals surface area contributed by atoms with Gasteiger partial charge in [-0.05, 0) is 86.0 Å². The van der Waals surface area contributed by atoms with E-state index in [0.29, 0.717) is 13.0 Å². The van der Waals surface area contributed by atoms with Crippen LogP contribution in [0.1, 0.15) is 92.9 Å². The molecule has 0 saturated heterocycles. The Balaban J connectivity index is 4.00. The van der Waals surface area contributed by atoms with Gasteiger partial charge in [-0.2, -0.15) is 0 Å². The van der Waals surface area contributed by atoms with Crippen LogP contribution in [0.15, 0.2) is 34.9 Å². The Morgan fingerprint density at radius 2 is 1.39 bits per heavy atom. The highest BCUT2D eigenvalue weighted by Crippen LogP contribution is 2.17. The van der Waals surface area contributed by atoms with E-state index in [-0.39, 0.29) is 5.97 Å². The van der Waals surface area contributed by atoms with E-state index in [9.17, 15) is 15.0 Å². The van der Waals surface area contributed by atoms with Gasteiger partial charge in [0.2, 0.25) is 0 Å². The molecule has 0 rings (SSSR count). The van der Waals surface area contributed by atoms with Crippen molar-refractivity contribution >= 4 is 5.97 Å². The Bertz CT molecular complexity index is 535. The topological polar surface area (TPSA) is 66.8 Å². The molecule has 4 nitrogen and oxygen atoms in total. The number of carbonyl (C=O) groups is 1. The van der Waals surface area contributed by atoms with E-state index < -0.39 is 11.7 Å². The summed E-state index contributed by atoms with van der Waals surface area (Å²) in [5.74, 6) is -0.209. The fourth-order valence-electron chi connectivity index (χ4n) is 2.80. The number of aliphatic hydroxyl groups excluding tert-OH is 1. The van der Waals surface area contributed by atoms with Gasteiger partial charge in [-0.25, -0.2) is 0 Å². The minimum atomic E-state index is -1.03. The van der Waals surface area contributed by atoms with Gasteiger partial charge in [-0.1, -0.05) is 34.9 Å². The van der Waals surface area contributed by atoms with E-state index in [1.165, 1.54) is 23.6 Å². The van der Waals surface area contributed by atoms with Crippen LogP contribution in [-0.4, -0.2) is 34.5 Å². The van der Waals surface area contributed by atoms with Gasteiger partial charge < -0.3 is 14.9 Å². The summed E-state index contributed by atoms with van der Waals surface area (Å²) < 4.78 is 4.94. The third kappa shape index (κ3) is 15.6. The van der Waals surface area contributed by atoms with Crippen LogP contribution in [0.5, 0.6) is 0 Å². The summed E-state index contributed by atoms with van der Waals surface area (Å²) in [5.41, 5.74) is 2.99. The lowest BCUT2D eigenvalue weighted by molar-refractivity contribution is -0.141.